The Hall–Kier alpha value is -3.76. The molecule has 1 fully saturated rings. The number of carbonyl (C=O) groups excluding carboxylic acids is 1. The molecule has 2 aromatic carbocycles. The van der Waals surface area contributed by atoms with Gasteiger partial charge in [0.2, 0.25) is 17.5 Å². The summed E-state index contributed by atoms with van der Waals surface area (Å²) in [6, 6.07) is 16.6. The molecule has 0 spiro atoms. The number of anilines is 1. The van der Waals surface area contributed by atoms with Gasteiger partial charge in [-0.15, -0.1) is 0 Å². The molecule has 1 aliphatic heterocycles. The molecule has 7 nitrogen and oxygen atoms in total. The second kappa shape index (κ2) is 9.58. The third-order valence-electron chi connectivity index (χ3n) is 5.21. The SMILES string of the molecule is COc1ccccc1C(=O)N1CCN(c2oc(/C=C/c3ccc(Cl)cc3)nc2C#N)CC1. The van der Waals surface area contributed by atoms with Gasteiger partial charge in [-0.05, 0) is 35.9 Å². The first-order chi connectivity index (χ1) is 15.6. The lowest BCUT2D eigenvalue weighted by Gasteiger charge is -2.34. The van der Waals surface area contributed by atoms with Crippen LogP contribution in [-0.4, -0.2) is 49.1 Å². The van der Waals surface area contributed by atoms with Gasteiger partial charge in [-0.2, -0.15) is 10.2 Å². The summed E-state index contributed by atoms with van der Waals surface area (Å²) in [5.74, 6) is 1.25. The van der Waals surface area contributed by atoms with Crippen LogP contribution in [0.3, 0.4) is 0 Å². The van der Waals surface area contributed by atoms with Crippen molar-refractivity contribution in [2.24, 2.45) is 0 Å². The molecule has 4 rings (SSSR count). The van der Waals surface area contributed by atoms with Gasteiger partial charge in [0.05, 0.1) is 12.7 Å². The summed E-state index contributed by atoms with van der Waals surface area (Å²) in [5, 5.41) is 10.2. The van der Waals surface area contributed by atoms with Gasteiger partial charge in [-0.25, -0.2) is 0 Å². The third kappa shape index (κ3) is 4.61. The highest BCUT2D eigenvalue weighted by atomic mass is 35.5. The van der Waals surface area contributed by atoms with Gasteiger partial charge in [0.15, 0.2) is 0 Å². The highest BCUT2D eigenvalue weighted by molar-refractivity contribution is 6.30. The number of carbonyl (C=O) groups is 1. The average Bonchev–Trinajstić information content (AvgIpc) is 3.26. The molecule has 162 valence electrons. The quantitative estimate of drug-likeness (QED) is 0.577. The molecule has 0 atom stereocenters. The number of ether oxygens (including phenoxy) is 1. The topological polar surface area (TPSA) is 82.6 Å². The lowest BCUT2D eigenvalue weighted by Crippen LogP contribution is -2.49. The van der Waals surface area contributed by atoms with E-state index in [-0.39, 0.29) is 11.6 Å². The number of hydrogen-bond donors (Lipinski definition) is 0. The number of hydrogen-bond acceptors (Lipinski definition) is 6. The van der Waals surface area contributed by atoms with E-state index >= 15 is 0 Å². The van der Waals surface area contributed by atoms with Gasteiger partial charge in [0.25, 0.3) is 5.91 Å². The van der Waals surface area contributed by atoms with Crippen molar-refractivity contribution in [1.82, 2.24) is 9.88 Å². The molecule has 1 saturated heterocycles. The standard InChI is InChI=1S/C24H21ClN4O3/c1-31-21-5-3-2-4-19(21)23(30)28-12-14-29(15-13-28)24-20(16-26)27-22(32-24)11-8-17-6-9-18(25)10-7-17/h2-11H,12-15H2,1H3/b11-8+. The van der Waals surface area contributed by atoms with E-state index in [1.54, 1.807) is 42.4 Å². The van der Waals surface area contributed by atoms with Crippen molar-refractivity contribution in [1.29, 1.82) is 5.26 Å². The van der Waals surface area contributed by atoms with E-state index in [4.69, 9.17) is 20.8 Å². The summed E-state index contributed by atoms with van der Waals surface area (Å²) in [6.07, 6.45) is 3.56. The molecule has 32 heavy (non-hydrogen) atoms. The monoisotopic (exact) mass is 448 g/mol. The number of methoxy groups -OCH3 is 1. The van der Waals surface area contributed by atoms with Crippen LogP contribution in [0, 0.1) is 11.3 Å². The van der Waals surface area contributed by atoms with Crippen LogP contribution in [0.2, 0.25) is 5.02 Å². The molecule has 0 saturated carbocycles. The highest BCUT2D eigenvalue weighted by Gasteiger charge is 2.27. The van der Waals surface area contributed by atoms with Gasteiger partial charge in [0.1, 0.15) is 11.8 Å². The lowest BCUT2D eigenvalue weighted by molar-refractivity contribution is 0.0742. The zero-order chi connectivity index (χ0) is 22.5. The molecule has 3 aromatic rings. The van der Waals surface area contributed by atoms with Crippen molar-refractivity contribution in [3.63, 3.8) is 0 Å². The summed E-state index contributed by atoms with van der Waals surface area (Å²) >= 11 is 5.91. The van der Waals surface area contributed by atoms with Crippen LogP contribution in [-0.2, 0) is 0 Å². The Morgan fingerprint density at radius 1 is 1.12 bits per heavy atom. The number of halogens is 1. The zero-order valence-corrected chi connectivity index (χ0v) is 18.2. The van der Waals surface area contributed by atoms with Crippen LogP contribution in [0.4, 0.5) is 5.88 Å². The predicted molar refractivity (Wildman–Crippen MR) is 123 cm³/mol. The van der Waals surface area contributed by atoms with Gasteiger partial charge in [-0.3, -0.25) is 4.79 Å². The molecule has 2 heterocycles. The first-order valence-corrected chi connectivity index (χ1v) is 10.5. The van der Waals surface area contributed by atoms with E-state index in [2.05, 4.69) is 11.1 Å². The summed E-state index contributed by atoms with van der Waals surface area (Å²) < 4.78 is 11.2. The van der Waals surface area contributed by atoms with Gasteiger partial charge < -0.3 is 19.0 Å². The first kappa shape index (κ1) is 21.5. The van der Waals surface area contributed by atoms with E-state index in [1.807, 2.05) is 35.2 Å². The molecular weight excluding hydrogens is 428 g/mol. The molecular formula is C24H21ClN4O3. The number of para-hydroxylation sites is 1. The Labute approximate surface area is 191 Å². The second-order valence-corrected chi connectivity index (χ2v) is 7.62. The molecule has 1 amide bonds. The molecule has 0 aliphatic carbocycles. The molecule has 8 heteroatoms. The number of nitrogens with zero attached hydrogens (tertiary/aromatic N) is 4. The van der Waals surface area contributed by atoms with E-state index < -0.39 is 0 Å². The molecule has 0 bridgehead atoms. The minimum Gasteiger partial charge on any atom is -0.496 e. The van der Waals surface area contributed by atoms with Crippen molar-refractivity contribution in [2.45, 2.75) is 0 Å². The fourth-order valence-electron chi connectivity index (χ4n) is 3.53. The number of rotatable bonds is 5. The number of benzene rings is 2. The van der Waals surface area contributed by atoms with Crippen LogP contribution < -0.4 is 9.64 Å². The Morgan fingerprint density at radius 3 is 2.53 bits per heavy atom. The average molecular weight is 449 g/mol. The van der Waals surface area contributed by atoms with Crippen LogP contribution >= 0.6 is 11.6 Å². The fraction of sp³-hybridized carbons (Fsp3) is 0.208. The van der Waals surface area contributed by atoms with Crippen LogP contribution in [0.15, 0.2) is 52.9 Å². The molecule has 0 N–H and O–H groups in total. The lowest BCUT2D eigenvalue weighted by atomic mass is 10.1. The van der Waals surface area contributed by atoms with E-state index in [0.717, 1.165) is 5.56 Å². The van der Waals surface area contributed by atoms with E-state index in [1.165, 1.54) is 0 Å². The molecule has 1 aromatic heterocycles. The highest BCUT2D eigenvalue weighted by Crippen LogP contribution is 2.26. The minimum absolute atomic E-state index is 0.0771. The van der Waals surface area contributed by atoms with Crippen LogP contribution in [0.5, 0.6) is 5.75 Å². The second-order valence-electron chi connectivity index (χ2n) is 7.18. The predicted octanol–water partition coefficient (Wildman–Crippen LogP) is 4.34. The number of nitriles is 1. The molecule has 1 aliphatic rings. The Kier molecular flexibility index (Phi) is 6.43. The zero-order valence-electron chi connectivity index (χ0n) is 17.5. The minimum atomic E-state index is -0.0771. The largest absolute Gasteiger partial charge is 0.496 e. The van der Waals surface area contributed by atoms with Crippen molar-refractivity contribution in [2.75, 3.05) is 38.2 Å². The summed E-state index contributed by atoms with van der Waals surface area (Å²) in [5.41, 5.74) is 1.71. The fourth-order valence-corrected chi connectivity index (χ4v) is 3.66. The van der Waals surface area contributed by atoms with Crippen LogP contribution in [0.25, 0.3) is 12.2 Å². The first-order valence-electron chi connectivity index (χ1n) is 10.1. The summed E-state index contributed by atoms with van der Waals surface area (Å²) in [4.78, 5) is 20.9. The maximum absolute atomic E-state index is 12.9. The van der Waals surface area contributed by atoms with E-state index in [9.17, 15) is 10.1 Å². The van der Waals surface area contributed by atoms with Crippen molar-refractivity contribution < 1.29 is 13.9 Å². The molecule has 0 radical (unpaired) electrons. The van der Waals surface area contributed by atoms with Crippen molar-refractivity contribution in [3.05, 3.63) is 76.3 Å². The van der Waals surface area contributed by atoms with E-state index in [0.29, 0.717) is 54.3 Å². The molecule has 0 unspecified atom stereocenters. The van der Waals surface area contributed by atoms with Crippen molar-refractivity contribution in [3.8, 4) is 11.8 Å². The van der Waals surface area contributed by atoms with Gasteiger partial charge in [-0.1, -0.05) is 35.9 Å². The normalized spacial score (nSPS) is 13.9. The number of amides is 1. The van der Waals surface area contributed by atoms with Gasteiger partial charge >= 0.3 is 0 Å². The third-order valence-corrected chi connectivity index (χ3v) is 5.46. The summed E-state index contributed by atoms with van der Waals surface area (Å²) in [7, 11) is 1.55. The number of piperazine rings is 1. The van der Waals surface area contributed by atoms with Gasteiger partial charge in [0, 0.05) is 37.3 Å². The summed E-state index contributed by atoms with van der Waals surface area (Å²) in [6.45, 7) is 2.06. The smallest absolute Gasteiger partial charge is 0.257 e. The number of aromatic nitrogens is 1. The maximum atomic E-state index is 12.9. The Morgan fingerprint density at radius 2 is 1.84 bits per heavy atom. The Balaban J connectivity index is 1.45. The number of oxazole rings is 1. The Bertz CT molecular complexity index is 1170. The van der Waals surface area contributed by atoms with Crippen molar-refractivity contribution >= 4 is 35.5 Å². The van der Waals surface area contributed by atoms with Crippen LogP contribution in [0.1, 0.15) is 27.5 Å². The maximum Gasteiger partial charge on any atom is 0.257 e.